The molecule has 2 aromatic rings. The molecule has 1 aliphatic rings. The summed E-state index contributed by atoms with van der Waals surface area (Å²) in [5.74, 6) is -0.474. The summed E-state index contributed by atoms with van der Waals surface area (Å²) in [4.78, 5) is 23.6. The second-order valence-corrected chi connectivity index (χ2v) is 4.70. The van der Waals surface area contributed by atoms with Gasteiger partial charge >= 0.3 is 0 Å². The van der Waals surface area contributed by atoms with Crippen LogP contribution in [0.1, 0.15) is 11.1 Å². The normalized spacial score (nSPS) is 12.8. The van der Waals surface area contributed by atoms with Crippen LogP contribution >= 0.6 is 0 Å². The Morgan fingerprint density at radius 1 is 0.818 bits per heavy atom. The van der Waals surface area contributed by atoms with Gasteiger partial charge in [0.05, 0.1) is 6.54 Å². The molecule has 0 spiro atoms. The summed E-state index contributed by atoms with van der Waals surface area (Å²) in [6.07, 6.45) is 4.43. The van der Waals surface area contributed by atoms with Gasteiger partial charge in [0.25, 0.3) is 11.8 Å². The van der Waals surface area contributed by atoms with Crippen molar-refractivity contribution in [3.8, 4) is 0 Å². The Hall–Kier alpha value is -2.94. The number of rotatable bonds is 3. The summed E-state index contributed by atoms with van der Waals surface area (Å²) in [5, 5.41) is 0. The molecule has 1 aliphatic heterocycles. The highest BCUT2D eigenvalue weighted by Gasteiger charge is 2.22. The summed E-state index contributed by atoms with van der Waals surface area (Å²) in [5.41, 5.74) is 2.13. The van der Waals surface area contributed by atoms with Crippen LogP contribution < -0.4 is 0 Å². The van der Waals surface area contributed by atoms with E-state index in [-0.39, 0.29) is 11.8 Å². The zero-order chi connectivity index (χ0) is 15.8. The molecule has 3 heteroatoms. The first-order chi connectivity index (χ1) is 10.7. The van der Waals surface area contributed by atoms with E-state index >= 15 is 0 Å². The number of carbonyl (C=O) groups excluding carboxylic acids is 2. The van der Waals surface area contributed by atoms with Gasteiger partial charge in [0, 0.05) is 12.2 Å². The number of amides is 2. The van der Waals surface area contributed by atoms with Crippen LogP contribution in [0.5, 0.6) is 0 Å². The maximum absolute atomic E-state index is 11.2. The molecule has 1 heterocycles. The minimum Gasteiger partial charge on any atom is -0.271 e. The molecular formula is C19H17NO2. The lowest BCUT2D eigenvalue weighted by Gasteiger charge is -2.13. The Morgan fingerprint density at radius 2 is 1.32 bits per heavy atom. The molecule has 0 saturated carbocycles. The molecular weight excluding hydrogens is 274 g/mol. The molecule has 2 aromatic carbocycles. The van der Waals surface area contributed by atoms with Crippen LogP contribution in [-0.4, -0.2) is 16.7 Å². The van der Waals surface area contributed by atoms with E-state index in [2.05, 4.69) is 6.58 Å². The van der Waals surface area contributed by atoms with Crippen LogP contribution in [0.3, 0.4) is 0 Å². The fourth-order valence-electron chi connectivity index (χ4n) is 1.94. The zero-order valence-electron chi connectivity index (χ0n) is 12.2. The molecule has 3 nitrogen and oxygen atoms in total. The SMILES string of the molecule is C=Cc1ccccc1.O=C1C=CC(=O)N1Cc1ccccc1. The van der Waals surface area contributed by atoms with E-state index in [4.69, 9.17) is 0 Å². The van der Waals surface area contributed by atoms with E-state index < -0.39 is 0 Å². The second kappa shape index (κ2) is 7.74. The van der Waals surface area contributed by atoms with Gasteiger partial charge in [-0.05, 0) is 11.1 Å². The minimum absolute atomic E-state index is 0.237. The molecule has 0 atom stereocenters. The Labute approximate surface area is 130 Å². The average molecular weight is 291 g/mol. The minimum atomic E-state index is -0.237. The molecule has 0 N–H and O–H groups in total. The third-order valence-electron chi connectivity index (χ3n) is 3.12. The number of carbonyl (C=O) groups is 2. The molecule has 110 valence electrons. The van der Waals surface area contributed by atoms with Gasteiger partial charge in [-0.2, -0.15) is 0 Å². The van der Waals surface area contributed by atoms with Gasteiger partial charge in [0.2, 0.25) is 0 Å². The first-order valence-electron chi connectivity index (χ1n) is 6.95. The predicted octanol–water partition coefficient (Wildman–Crippen LogP) is 3.44. The van der Waals surface area contributed by atoms with Crippen molar-refractivity contribution in [1.29, 1.82) is 0 Å². The lowest BCUT2D eigenvalue weighted by atomic mass is 10.2. The Kier molecular flexibility index (Phi) is 5.44. The molecule has 0 radical (unpaired) electrons. The Morgan fingerprint density at radius 3 is 1.77 bits per heavy atom. The number of imide groups is 1. The van der Waals surface area contributed by atoms with Crippen LogP contribution in [0, 0.1) is 0 Å². The highest BCUT2D eigenvalue weighted by molar-refractivity contribution is 6.12. The molecule has 3 rings (SSSR count). The first-order valence-corrected chi connectivity index (χ1v) is 6.95. The molecule has 0 aromatic heterocycles. The maximum atomic E-state index is 11.2. The summed E-state index contributed by atoms with van der Waals surface area (Å²) in [6.45, 7) is 3.98. The molecule has 0 unspecified atom stereocenters. The van der Waals surface area contributed by atoms with Crippen LogP contribution in [0.2, 0.25) is 0 Å². The van der Waals surface area contributed by atoms with Crippen molar-refractivity contribution in [1.82, 2.24) is 4.90 Å². The van der Waals surface area contributed by atoms with Gasteiger partial charge in [0.1, 0.15) is 0 Å². The fourth-order valence-corrected chi connectivity index (χ4v) is 1.94. The van der Waals surface area contributed by atoms with Crippen molar-refractivity contribution < 1.29 is 9.59 Å². The molecule has 0 aliphatic carbocycles. The Bertz CT molecular complexity index is 657. The van der Waals surface area contributed by atoms with Crippen LogP contribution in [-0.2, 0) is 16.1 Å². The van der Waals surface area contributed by atoms with Gasteiger partial charge in [-0.1, -0.05) is 73.3 Å². The third kappa shape index (κ3) is 4.28. The number of hydrogen-bond acceptors (Lipinski definition) is 2. The summed E-state index contributed by atoms with van der Waals surface area (Å²) in [6, 6.07) is 19.5. The number of benzene rings is 2. The third-order valence-corrected chi connectivity index (χ3v) is 3.12. The van der Waals surface area contributed by atoms with E-state index in [0.29, 0.717) is 6.54 Å². The summed E-state index contributed by atoms with van der Waals surface area (Å²) in [7, 11) is 0. The van der Waals surface area contributed by atoms with Gasteiger partial charge in [0.15, 0.2) is 0 Å². The lowest BCUT2D eigenvalue weighted by molar-refractivity contribution is -0.137. The van der Waals surface area contributed by atoms with Crippen molar-refractivity contribution in [3.05, 3.63) is 90.5 Å². The van der Waals surface area contributed by atoms with Crippen molar-refractivity contribution in [2.75, 3.05) is 0 Å². The van der Waals surface area contributed by atoms with Gasteiger partial charge in [-0.25, -0.2) is 0 Å². The zero-order valence-corrected chi connectivity index (χ0v) is 12.2. The monoisotopic (exact) mass is 291 g/mol. The second-order valence-electron chi connectivity index (χ2n) is 4.70. The van der Waals surface area contributed by atoms with Gasteiger partial charge < -0.3 is 0 Å². The first kappa shape index (κ1) is 15.4. The number of nitrogens with zero attached hydrogens (tertiary/aromatic N) is 1. The van der Waals surface area contributed by atoms with Crippen LogP contribution in [0.15, 0.2) is 79.4 Å². The number of hydrogen-bond donors (Lipinski definition) is 0. The molecule has 0 saturated heterocycles. The lowest BCUT2D eigenvalue weighted by Crippen LogP contribution is -2.29. The standard InChI is InChI=1S/C11H9NO2.C8H8/c13-10-6-7-11(14)12(10)8-9-4-2-1-3-5-9;1-2-8-6-4-3-5-7-8/h1-7H,8H2;2-7H,1H2. The van der Waals surface area contributed by atoms with Crippen LogP contribution in [0.4, 0.5) is 0 Å². The highest BCUT2D eigenvalue weighted by atomic mass is 16.2. The van der Waals surface area contributed by atoms with E-state index in [1.807, 2.05) is 66.7 Å². The summed E-state index contributed by atoms with van der Waals surface area (Å²) < 4.78 is 0. The molecule has 0 bridgehead atoms. The van der Waals surface area contributed by atoms with Gasteiger partial charge in [-0.3, -0.25) is 14.5 Å². The Balaban J connectivity index is 0.000000188. The highest BCUT2D eigenvalue weighted by Crippen LogP contribution is 2.09. The van der Waals surface area contributed by atoms with Crippen molar-refractivity contribution in [3.63, 3.8) is 0 Å². The average Bonchev–Trinajstić information content (AvgIpc) is 2.89. The van der Waals surface area contributed by atoms with Crippen molar-refractivity contribution in [2.45, 2.75) is 6.54 Å². The fraction of sp³-hybridized carbons (Fsp3) is 0.0526. The van der Waals surface area contributed by atoms with E-state index in [1.54, 1.807) is 0 Å². The molecule has 2 amide bonds. The van der Waals surface area contributed by atoms with Crippen molar-refractivity contribution >= 4 is 17.9 Å². The van der Waals surface area contributed by atoms with Gasteiger partial charge in [-0.15, -0.1) is 0 Å². The molecule has 22 heavy (non-hydrogen) atoms. The summed E-state index contributed by atoms with van der Waals surface area (Å²) >= 11 is 0. The van der Waals surface area contributed by atoms with Crippen LogP contribution in [0.25, 0.3) is 6.08 Å². The largest absolute Gasteiger partial charge is 0.271 e. The van der Waals surface area contributed by atoms with Crippen molar-refractivity contribution in [2.24, 2.45) is 0 Å². The topological polar surface area (TPSA) is 37.4 Å². The predicted molar refractivity (Wildman–Crippen MR) is 87.7 cm³/mol. The van der Waals surface area contributed by atoms with E-state index in [1.165, 1.54) is 22.6 Å². The maximum Gasteiger partial charge on any atom is 0.253 e. The quantitative estimate of drug-likeness (QED) is 0.812. The smallest absolute Gasteiger partial charge is 0.253 e. The van der Waals surface area contributed by atoms with E-state index in [9.17, 15) is 9.59 Å². The van der Waals surface area contributed by atoms with E-state index in [0.717, 1.165) is 5.56 Å². The molecule has 0 fully saturated rings.